The second kappa shape index (κ2) is 8.94. The number of rotatable bonds is 6. The number of ether oxygens (including phenoxy) is 1. The number of hydrogen-bond acceptors (Lipinski definition) is 5. The highest BCUT2D eigenvalue weighted by molar-refractivity contribution is 5.94. The number of aliphatic hydroxyl groups is 1. The van der Waals surface area contributed by atoms with Crippen LogP contribution in [0.5, 0.6) is 11.5 Å². The predicted molar refractivity (Wildman–Crippen MR) is 122 cm³/mol. The summed E-state index contributed by atoms with van der Waals surface area (Å²) in [4.78, 5) is 4.71. The molecule has 2 N–H and O–H groups in total. The molecule has 5 heteroatoms. The van der Waals surface area contributed by atoms with Crippen molar-refractivity contribution in [2.45, 2.75) is 20.0 Å². The zero-order valence-electron chi connectivity index (χ0n) is 17.7. The summed E-state index contributed by atoms with van der Waals surface area (Å²) in [5, 5.41) is 22.4. The Hall–Kier alpha value is -2.76. The van der Waals surface area contributed by atoms with Crippen LogP contribution in [-0.2, 0) is 0 Å². The van der Waals surface area contributed by atoms with Crippen molar-refractivity contribution in [2.24, 2.45) is 0 Å². The molecule has 1 aliphatic rings. The number of aromatic hydroxyl groups is 1. The number of anilines is 1. The van der Waals surface area contributed by atoms with Gasteiger partial charge in [-0.1, -0.05) is 42.5 Å². The van der Waals surface area contributed by atoms with Gasteiger partial charge in [-0.25, -0.2) is 0 Å². The molecule has 0 spiro atoms. The lowest BCUT2D eigenvalue weighted by Crippen LogP contribution is -2.49. The van der Waals surface area contributed by atoms with E-state index in [1.807, 2.05) is 31.2 Å². The van der Waals surface area contributed by atoms with Crippen LogP contribution in [0.1, 0.15) is 11.1 Å². The molecule has 0 saturated carbocycles. The zero-order chi connectivity index (χ0) is 21.1. The minimum absolute atomic E-state index is 0.230. The highest BCUT2D eigenvalue weighted by Gasteiger charge is 2.21. The van der Waals surface area contributed by atoms with E-state index in [2.05, 4.69) is 41.0 Å². The number of nitrogens with zero attached hydrogens (tertiary/aromatic N) is 2. The second-order valence-corrected chi connectivity index (χ2v) is 8.13. The molecule has 4 rings (SSSR count). The fourth-order valence-corrected chi connectivity index (χ4v) is 4.28. The predicted octanol–water partition coefficient (Wildman–Crippen LogP) is 3.72. The number of aliphatic hydroxyl groups excluding tert-OH is 1. The molecule has 0 radical (unpaired) electrons. The summed E-state index contributed by atoms with van der Waals surface area (Å²) in [7, 11) is 0. The standard InChI is InChI=1S/C25H30N2O3/c1-18-7-3-6-10-23(18)27-13-11-26(12-14-27)16-20(28)17-30-25-19(2)15-24(29)21-8-4-5-9-22(21)25/h3-10,15,20,28-29H,11-14,16-17H2,1-2H3. The van der Waals surface area contributed by atoms with Gasteiger partial charge < -0.3 is 19.8 Å². The highest BCUT2D eigenvalue weighted by Crippen LogP contribution is 2.35. The van der Waals surface area contributed by atoms with Gasteiger partial charge >= 0.3 is 0 Å². The SMILES string of the molecule is Cc1ccccc1N1CCN(CC(O)COc2c(C)cc(O)c3ccccc23)CC1. The number of fused-ring (bicyclic) bond motifs is 1. The van der Waals surface area contributed by atoms with Gasteiger partial charge in [-0.2, -0.15) is 0 Å². The van der Waals surface area contributed by atoms with Crippen LogP contribution in [0.15, 0.2) is 54.6 Å². The second-order valence-electron chi connectivity index (χ2n) is 8.13. The molecule has 1 atom stereocenters. The lowest BCUT2D eigenvalue weighted by atomic mass is 10.0. The Morgan fingerprint density at radius 3 is 2.30 bits per heavy atom. The molecule has 1 aliphatic heterocycles. The molecule has 1 saturated heterocycles. The molecule has 158 valence electrons. The number of phenolic OH excluding ortho intramolecular Hbond substituents is 1. The Bertz CT molecular complexity index is 1010. The molecule has 1 heterocycles. The molecule has 5 nitrogen and oxygen atoms in total. The molecular formula is C25H30N2O3. The number of benzene rings is 3. The summed E-state index contributed by atoms with van der Waals surface area (Å²) in [6, 6.07) is 17.8. The quantitative estimate of drug-likeness (QED) is 0.653. The number of para-hydroxylation sites is 1. The Morgan fingerprint density at radius 2 is 1.57 bits per heavy atom. The average Bonchev–Trinajstić information content (AvgIpc) is 2.75. The van der Waals surface area contributed by atoms with Crippen molar-refractivity contribution in [3.63, 3.8) is 0 Å². The third-order valence-electron chi connectivity index (χ3n) is 5.88. The molecule has 3 aromatic carbocycles. The minimum Gasteiger partial charge on any atom is -0.507 e. The molecule has 1 fully saturated rings. The van der Waals surface area contributed by atoms with Gasteiger partial charge in [-0.15, -0.1) is 0 Å². The van der Waals surface area contributed by atoms with E-state index in [9.17, 15) is 10.2 Å². The molecule has 0 aromatic heterocycles. The van der Waals surface area contributed by atoms with E-state index < -0.39 is 6.10 Å². The van der Waals surface area contributed by atoms with Crippen LogP contribution in [0.2, 0.25) is 0 Å². The Morgan fingerprint density at radius 1 is 0.900 bits per heavy atom. The first-order valence-electron chi connectivity index (χ1n) is 10.6. The third kappa shape index (κ3) is 4.37. The van der Waals surface area contributed by atoms with Crippen LogP contribution < -0.4 is 9.64 Å². The summed E-state index contributed by atoms with van der Waals surface area (Å²) in [5.74, 6) is 0.981. The van der Waals surface area contributed by atoms with Gasteiger partial charge in [0.05, 0.1) is 0 Å². The fourth-order valence-electron chi connectivity index (χ4n) is 4.28. The van der Waals surface area contributed by atoms with Gasteiger partial charge in [0.1, 0.15) is 24.2 Å². The first kappa shape index (κ1) is 20.5. The number of aryl methyl sites for hydroxylation is 2. The van der Waals surface area contributed by atoms with Crippen LogP contribution in [0.3, 0.4) is 0 Å². The van der Waals surface area contributed by atoms with Crippen LogP contribution >= 0.6 is 0 Å². The monoisotopic (exact) mass is 406 g/mol. The normalized spacial score (nSPS) is 16.0. The van der Waals surface area contributed by atoms with Crippen molar-refractivity contribution in [3.8, 4) is 11.5 Å². The maximum absolute atomic E-state index is 10.6. The summed E-state index contributed by atoms with van der Waals surface area (Å²) >= 11 is 0. The maximum Gasteiger partial charge on any atom is 0.130 e. The first-order chi connectivity index (χ1) is 14.5. The van der Waals surface area contributed by atoms with E-state index in [1.54, 1.807) is 6.07 Å². The molecule has 0 bridgehead atoms. The van der Waals surface area contributed by atoms with Crippen LogP contribution in [0, 0.1) is 13.8 Å². The minimum atomic E-state index is -0.568. The zero-order valence-corrected chi connectivity index (χ0v) is 17.7. The fraction of sp³-hybridized carbons (Fsp3) is 0.360. The van der Waals surface area contributed by atoms with Crippen molar-refractivity contribution in [3.05, 3.63) is 65.7 Å². The van der Waals surface area contributed by atoms with Crippen molar-refractivity contribution in [1.29, 1.82) is 0 Å². The van der Waals surface area contributed by atoms with Gasteiger partial charge in [0.2, 0.25) is 0 Å². The molecular weight excluding hydrogens is 376 g/mol. The van der Waals surface area contributed by atoms with E-state index in [4.69, 9.17) is 4.74 Å². The van der Waals surface area contributed by atoms with Crippen LogP contribution in [0.25, 0.3) is 10.8 Å². The summed E-state index contributed by atoms with van der Waals surface area (Å²) in [6.07, 6.45) is -0.568. The topological polar surface area (TPSA) is 56.2 Å². The van der Waals surface area contributed by atoms with E-state index in [0.29, 0.717) is 6.54 Å². The Kier molecular flexibility index (Phi) is 6.11. The lowest BCUT2D eigenvalue weighted by molar-refractivity contribution is 0.0666. The van der Waals surface area contributed by atoms with Gasteiger partial charge in [0.25, 0.3) is 0 Å². The largest absolute Gasteiger partial charge is 0.507 e. The van der Waals surface area contributed by atoms with Gasteiger partial charge in [0.15, 0.2) is 0 Å². The van der Waals surface area contributed by atoms with Crippen molar-refractivity contribution in [2.75, 3.05) is 44.2 Å². The summed E-state index contributed by atoms with van der Waals surface area (Å²) < 4.78 is 6.02. The smallest absolute Gasteiger partial charge is 0.130 e. The van der Waals surface area contributed by atoms with E-state index in [1.165, 1.54) is 11.3 Å². The molecule has 1 unspecified atom stereocenters. The number of hydrogen-bond donors (Lipinski definition) is 2. The van der Waals surface area contributed by atoms with E-state index in [0.717, 1.165) is 48.3 Å². The summed E-state index contributed by atoms with van der Waals surface area (Å²) in [6.45, 7) is 8.65. The van der Waals surface area contributed by atoms with Crippen LogP contribution in [-0.4, -0.2) is 60.5 Å². The van der Waals surface area contributed by atoms with Crippen molar-refractivity contribution < 1.29 is 14.9 Å². The first-order valence-corrected chi connectivity index (χ1v) is 10.6. The van der Waals surface area contributed by atoms with Crippen molar-refractivity contribution in [1.82, 2.24) is 4.90 Å². The third-order valence-corrected chi connectivity index (χ3v) is 5.88. The average molecular weight is 407 g/mol. The lowest BCUT2D eigenvalue weighted by Gasteiger charge is -2.37. The molecule has 0 amide bonds. The Balaban J connectivity index is 1.33. The molecule has 30 heavy (non-hydrogen) atoms. The summed E-state index contributed by atoms with van der Waals surface area (Å²) in [5.41, 5.74) is 3.47. The Labute approximate surface area is 178 Å². The molecule has 0 aliphatic carbocycles. The maximum atomic E-state index is 10.6. The van der Waals surface area contributed by atoms with E-state index in [-0.39, 0.29) is 12.4 Å². The van der Waals surface area contributed by atoms with E-state index >= 15 is 0 Å². The van der Waals surface area contributed by atoms with Gasteiger partial charge in [0, 0.05) is 49.2 Å². The van der Waals surface area contributed by atoms with Crippen LogP contribution in [0.4, 0.5) is 5.69 Å². The van der Waals surface area contributed by atoms with Crippen molar-refractivity contribution >= 4 is 16.5 Å². The molecule has 3 aromatic rings. The van der Waals surface area contributed by atoms with Gasteiger partial charge in [-0.05, 0) is 37.1 Å². The number of phenols is 1. The highest BCUT2D eigenvalue weighted by atomic mass is 16.5. The number of β-amino-alcohol motifs (C(OH)–C–C–N with tert-alkyl or cyclic N) is 1. The van der Waals surface area contributed by atoms with Gasteiger partial charge in [-0.3, -0.25) is 4.90 Å². The number of piperazine rings is 1.